The van der Waals surface area contributed by atoms with Crippen LogP contribution in [0.4, 0.5) is 0 Å². The number of hydrogen-bond donors (Lipinski definition) is 0. The molecule has 21 heavy (non-hydrogen) atoms. The third-order valence-electron chi connectivity index (χ3n) is 3.17. The van der Waals surface area contributed by atoms with E-state index in [2.05, 4.69) is 10.2 Å². The Hall–Kier alpha value is -1.53. The molecule has 6 nitrogen and oxygen atoms in total. The van der Waals surface area contributed by atoms with Crippen LogP contribution in [-0.2, 0) is 19.6 Å². The first kappa shape index (κ1) is 15.9. The summed E-state index contributed by atoms with van der Waals surface area (Å²) in [4.78, 5) is 14.0. The molecule has 0 aliphatic heterocycles. The summed E-state index contributed by atoms with van der Waals surface area (Å²) in [5.41, 5.74) is 1.04. The summed E-state index contributed by atoms with van der Waals surface area (Å²) in [7, 11) is 1.69. The van der Waals surface area contributed by atoms with Crippen LogP contribution >= 0.6 is 23.2 Å². The first-order valence-electron chi connectivity index (χ1n) is 6.66. The maximum Gasteiger partial charge on any atom is 0.276 e. The predicted molar refractivity (Wildman–Crippen MR) is 81.6 cm³/mol. The third kappa shape index (κ3) is 3.22. The van der Waals surface area contributed by atoms with Gasteiger partial charge in [0, 0.05) is 26.3 Å². The van der Waals surface area contributed by atoms with Crippen molar-refractivity contribution in [2.75, 3.05) is 7.05 Å². The maximum absolute atomic E-state index is 12.4. The molecule has 1 amide bonds. The molecule has 2 heterocycles. The molecule has 0 saturated carbocycles. The molecule has 0 bridgehead atoms. The van der Waals surface area contributed by atoms with Gasteiger partial charge in [-0.05, 0) is 13.8 Å². The lowest BCUT2D eigenvalue weighted by Crippen LogP contribution is -2.28. The molecule has 8 heteroatoms. The van der Waals surface area contributed by atoms with Crippen LogP contribution in [0.2, 0.25) is 10.0 Å². The van der Waals surface area contributed by atoms with E-state index in [1.54, 1.807) is 28.8 Å². The van der Waals surface area contributed by atoms with Crippen molar-refractivity contribution in [2.45, 2.75) is 33.5 Å². The highest BCUT2D eigenvalue weighted by Gasteiger charge is 2.21. The molecule has 0 atom stereocenters. The van der Waals surface area contributed by atoms with Gasteiger partial charge in [0.2, 0.25) is 0 Å². The number of rotatable bonds is 5. The third-order valence-corrected chi connectivity index (χ3v) is 3.77. The van der Waals surface area contributed by atoms with Gasteiger partial charge in [-0.3, -0.25) is 14.2 Å². The minimum atomic E-state index is -0.243. The van der Waals surface area contributed by atoms with Gasteiger partial charge in [-0.25, -0.2) is 0 Å². The summed E-state index contributed by atoms with van der Waals surface area (Å²) in [6.07, 6.45) is 3.23. The summed E-state index contributed by atoms with van der Waals surface area (Å²) in [5.74, 6) is -0.243. The molecule has 0 unspecified atom stereocenters. The van der Waals surface area contributed by atoms with Crippen LogP contribution in [0.15, 0.2) is 12.4 Å². The Balaban J connectivity index is 2.19. The lowest BCUT2D eigenvalue weighted by Gasteiger charge is -2.17. The normalized spacial score (nSPS) is 10.9. The second-order valence-corrected chi connectivity index (χ2v) is 5.41. The highest BCUT2D eigenvalue weighted by atomic mass is 35.5. The van der Waals surface area contributed by atoms with Gasteiger partial charge in [0.1, 0.15) is 0 Å². The molecule has 2 aromatic rings. The SMILES string of the molecule is CCn1cc(Cl)c(C(=O)N(C)Cc2c(Cl)cnn2CC)n1. The molecule has 0 saturated heterocycles. The van der Waals surface area contributed by atoms with E-state index < -0.39 is 0 Å². The van der Waals surface area contributed by atoms with Crippen LogP contribution in [0.5, 0.6) is 0 Å². The summed E-state index contributed by atoms with van der Waals surface area (Å²) in [6, 6.07) is 0. The number of carbonyl (C=O) groups excluding carboxylic acids is 1. The summed E-state index contributed by atoms with van der Waals surface area (Å²) >= 11 is 12.2. The molecule has 114 valence electrons. The molecular weight excluding hydrogens is 313 g/mol. The zero-order valence-corrected chi connectivity index (χ0v) is 13.7. The number of nitrogens with zero attached hydrogens (tertiary/aromatic N) is 5. The Labute approximate surface area is 133 Å². The predicted octanol–water partition coefficient (Wildman–Crippen LogP) is 2.70. The molecule has 0 aliphatic rings. The summed E-state index contributed by atoms with van der Waals surface area (Å²) in [6.45, 7) is 5.59. The van der Waals surface area contributed by atoms with Crippen molar-refractivity contribution in [3.05, 3.63) is 33.8 Å². The molecular formula is C13H17Cl2N5O. The number of halogens is 2. The van der Waals surface area contributed by atoms with Crippen molar-refractivity contribution in [1.82, 2.24) is 24.5 Å². The van der Waals surface area contributed by atoms with Gasteiger partial charge in [0.25, 0.3) is 5.91 Å². The summed E-state index contributed by atoms with van der Waals surface area (Å²) < 4.78 is 3.39. The number of aromatic nitrogens is 4. The van der Waals surface area contributed by atoms with Gasteiger partial charge in [0.05, 0.1) is 28.5 Å². The lowest BCUT2D eigenvalue weighted by atomic mass is 10.3. The van der Waals surface area contributed by atoms with Crippen LogP contribution in [0.3, 0.4) is 0 Å². The van der Waals surface area contributed by atoms with Gasteiger partial charge in [-0.15, -0.1) is 0 Å². The smallest absolute Gasteiger partial charge is 0.276 e. The molecule has 0 fully saturated rings. The van der Waals surface area contributed by atoms with Crippen LogP contribution in [0.25, 0.3) is 0 Å². The number of carbonyl (C=O) groups is 1. The fourth-order valence-electron chi connectivity index (χ4n) is 2.00. The Kier molecular flexibility index (Phi) is 4.90. The van der Waals surface area contributed by atoms with Crippen LogP contribution in [0.1, 0.15) is 30.0 Å². The van der Waals surface area contributed by atoms with Crippen molar-refractivity contribution in [1.29, 1.82) is 0 Å². The zero-order valence-electron chi connectivity index (χ0n) is 12.2. The maximum atomic E-state index is 12.4. The topological polar surface area (TPSA) is 56.0 Å². The minimum Gasteiger partial charge on any atom is -0.334 e. The highest BCUT2D eigenvalue weighted by molar-refractivity contribution is 6.33. The first-order chi connectivity index (χ1) is 9.97. The quantitative estimate of drug-likeness (QED) is 0.847. The van der Waals surface area contributed by atoms with Gasteiger partial charge in [-0.1, -0.05) is 23.2 Å². The van der Waals surface area contributed by atoms with E-state index in [1.165, 1.54) is 4.90 Å². The van der Waals surface area contributed by atoms with Crippen LogP contribution < -0.4 is 0 Å². The first-order valence-corrected chi connectivity index (χ1v) is 7.42. The standard InChI is InChI=1S/C13H17Cl2N5O/c1-4-19-7-10(15)12(17-19)13(21)18(3)8-11-9(14)6-16-20(11)5-2/h6-7H,4-5,8H2,1-3H3. The average Bonchev–Trinajstić information content (AvgIpc) is 3.01. The zero-order chi connectivity index (χ0) is 15.6. The van der Waals surface area contributed by atoms with Gasteiger partial charge >= 0.3 is 0 Å². The molecule has 0 aromatic carbocycles. The van der Waals surface area contributed by atoms with Crippen molar-refractivity contribution >= 4 is 29.1 Å². The molecule has 0 spiro atoms. The van der Waals surface area contributed by atoms with Crippen molar-refractivity contribution in [2.24, 2.45) is 0 Å². The lowest BCUT2D eigenvalue weighted by molar-refractivity contribution is 0.0775. The second kappa shape index (κ2) is 6.49. The van der Waals surface area contributed by atoms with E-state index in [1.807, 2.05) is 13.8 Å². The number of hydrogen-bond acceptors (Lipinski definition) is 3. The van der Waals surface area contributed by atoms with E-state index in [4.69, 9.17) is 23.2 Å². The molecule has 2 aromatic heterocycles. The van der Waals surface area contributed by atoms with E-state index in [0.717, 1.165) is 5.69 Å². The number of amides is 1. The van der Waals surface area contributed by atoms with E-state index in [9.17, 15) is 4.79 Å². The monoisotopic (exact) mass is 329 g/mol. The molecule has 0 radical (unpaired) electrons. The van der Waals surface area contributed by atoms with Gasteiger partial charge in [-0.2, -0.15) is 10.2 Å². The fourth-order valence-corrected chi connectivity index (χ4v) is 2.43. The van der Waals surface area contributed by atoms with E-state index in [-0.39, 0.29) is 11.6 Å². The Morgan fingerprint density at radius 1 is 1.29 bits per heavy atom. The van der Waals surface area contributed by atoms with Gasteiger partial charge in [0.15, 0.2) is 5.69 Å². The molecule has 2 rings (SSSR count). The molecule has 0 aliphatic carbocycles. The highest BCUT2D eigenvalue weighted by Crippen LogP contribution is 2.20. The van der Waals surface area contributed by atoms with Crippen LogP contribution in [-0.4, -0.2) is 37.4 Å². The summed E-state index contributed by atoms with van der Waals surface area (Å²) in [5, 5.41) is 9.23. The van der Waals surface area contributed by atoms with E-state index in [0.29, 0.717) is 29.7 Å². The average molecular weight is 330 g/mol. The number of aryl methyl sites for hydroxylation is 2. The Bertz CT molecular complexity index is 649. The van der Waals surface area contributed by atoms with E-state index >= 15 is 0 Å². The fraction of sp³-hybridized carbons (Fsp3) is 0.462. The second-order valence-electron chi connectivity index (χ2n) is 4.60. The Morgan fingerprint density at radius 3 is 2.57 bits per heavy atom. The molecule has 0 N–H and O–H groups in total. The van der Waals surface area contributed by atoms with Crippen molar-refractivity contribution in [3.63, 3.8) is 0 Å². The minimum absolute atomic E-state index is 0.243. The van der Waals surface area contributed by atoms with Crippen molar-refractivity contribution < 1.29 is 4.79 Å². The largest absolute Gasteiger partial charge is 0.334 e. The van der Waals surface area contributed by atoms with Gasteiger partial charge < -0.3 is 4.90 Å². The van der Waals surface area contributed by atoms with Crippen LogP contribution in [0, 0.1) is 0 Å². The van der Waals surface area contributed by atoms with Crippen molar-refractivity contribution in [3.8, 4) is 0 Å². The Morgan fingerprint density at radius 2 is 2.00 bits per heavy atom.